The summed E-state index contributed by atoms with van der Waals surface area (Å²) in [4.78, 5) is 11.4. The van der Waals surface area contributed by atoms with Crippen LogP contribution in [0.5, 0.6) is 0 Å². The first-order valence-electron chi connectivity index (χ1n) is 6.13. The lowest BCUT2D eigenvalue weighted by atomic mass is 9.67. The van der Waals surface area contributed by atoms with Crippen LogP contribution >= 0.6 is 0 Å². The number of rotatable bonds is 2. The first kappa shape index (κ1) is 11.7. The van der Waals surface area contributed by atoms with Gasteiger partial charge in [-0.2, -0.15) is 0 Å². The van der Waals surface area contributed by atoms with Crippen molar-refractivity contribution in [3.05, 3.63) is 0 Å². The lowest BCUT2D eigenvalue weighted by molar-refractivity contribution is 0.0468. The molecule has 1 amide bonds. The third kappa shape index (κ3) is 2.67. The van der Waals surface area contributed by atoms with Crippen molar-refractivity contribution in [3.63, 3.8) is 0 Å². The summed E-state index contributed by atoms with van der Waals surface area (Å²) in [5.74, 6) is 2.27. The summed E-state index contributed by atoms with van der Waals surface area (Å²) in [6.45, 7) is 8.68. The highest BCUT2D eigenvalue weighted by Gasteiger charge is 2.43. The molecule has 1 aliphatic carbocycles. The van der Waals surface area contributed by atoms with E-state index >= 15 is 0 Å². The predicted octanol–water partition coefficient (Wildman–Crippen LogP) is 1.37. The Labute approximate surface area is 97.1 Å². The SMILES string of the molecule is CC(C)(C)OC(=O)NC[C@H]1C[C@@H]2CNC[C@@H]21. The number of amides is 1. The fourth-order valence-electron chi connectivity index (χ4n) is 2.69. The van der Waals surface area contributed by atoms with Crippen molar-refractivity contribution in [2.24, 2.45) is 17.8 Å². The minimum absolute atomic E-state index is 0.290. The van der Waals surface area contributed by atoms with Gasteiger partial charge in [0.25, 0.3) is 0 Å². The number of carbonyl (C=O) groups is 1. The molecule has 16 heavy (non-hydrogen) atoms. The average Bonchev–Trinajstić information content (AvgIpc) is 2.44. The molecule has 4 heteroatoms. The molecular formula is C12H22N2O2. The second-order valence-corrected chi connectivity index (χ2v) is 5.96. The van der Waals surface area contributed by atoms with Crippen molar-refractivity contribution in [3.8, 4) is 0 Å². The molecule has 2 rings (SSSR count). The molecule has 0 aromatic carbocycles. The molecule has 3 atom stereocenters. The van der Waals surface area contributed by atoms with Crippen LogP contribution in [0.4, 0.5) is 4.79 Å². The zero-order chi connectivity index (χ0) is 11.8. The largest absolute Gasteiger partial charge is 0.444 e. The Bertz CT molecular complexity index is 273. The minimum Gasteiger partial charge on any atom is -0.444 e. The van der Waals surface area contributed by atoms with Gasteiger partial charge in [0.05, 0.1) is 0 Å². The third-order valence-electron chi connectivity index (χ3n) is 3.51. The minimum atomic E-state index is -0.402. The van der Waals surface area contributed by atoms with E-state index < -0.39 is 5.60 Å². The van der Waals surface area contributed by atoms with E-state index in [0.29, 0.717) is 5.92 Å². The van der Waals surface area contributed by atoms with Crippen LogP contribution in [0.15, 0.2) is 0 Å². The lowest BCUT2D eigenvalue weighted by Gasteiger charge is -2.39. The number of hydrogen-bond acceptors (Lipinski definition) is 3. The highest BCUT2D eigenvalue weighted by Crippen LogP contribution is 2.42. The molecular weight excluding hydrogens is 204 g/mol. The van der Waals surface area contributed by atoms with Crippen LogP contribution in [0.3, 0.4) is 0 Å². The Morgan fingerprint density at radius 3 is 2.81 bits per heavy atom. The summed E-state index contributed by atoms with van der Waals surface area (Å²) < 4.78 is 5.20. The third-order valence-corrected chi connectivity index (χ3v) is 3.51. The monoisotopic (exact) mass is 226 g/mol. The molecule has 1 saturated carbocycles. The number of carbonyl (C=O) groups excluding carboxylic acids is 1. The predicted molar refractivity (Wildman–Crippen MR) is 62.2 cm³/mol. The van der Waals surface area contributed by atoms with Gasteiger partial charge in [0.15, 0.2) is 0 Å². The normalized spacial score (nSPS) is 32.8. The van der Waals surface area contributed by atoms with Crippen LogP contribution in [-0.4, -0.2) is 31.3 Å². The first-order valence-corrected chi connectivity index (χ1v) is 6.13. The molecule has 1 heterocycles. The summed E-state index contributed by atoms with van der Waals surface area (Å²) in [5, 5.41) is 6.26. The summed E-state index contributed by atoms with van der Waals surface area (Å²) in [6, 6.07) is 0. The molecule has 0 bridgehead atoms. The second kappa shape index (κ2) is 4.24. The van der Waals surface area contributed by atoms with Crippen molar-refractivity contribution in [2.45, 2.75) is 32.8 Å². The summed E-state index contributed by atoms with van der Waals surface area (Å²) in [7, 11) is 0. The van der Waals surface area contributed by atoms with E-state index in [-0.39, 0.29) is 6.09 Å². The molecule has 0 unspecified atom stereocenters. The van der Waals surface area contributed by atoms with Crippen LogP contribution in [0, 0.1) is 17.8 Å². The smallest absolute Gasteiger partial charge is 0.407 e. The maximum atomic E-state index is 11.4. The quantitative estimate of drug-likeness (QED) is 0.747. The molecule has 1 saturated heterocycles. The van der Waals surface area contributed by atoms with E-state index in [9.17, 15) is 4.79 Å². The van der Waals surface area contributed by atoms with E-state index in [1.165, 1.54) is 6.42 Å². The summed E-state index contributed by atoms with van der Waals surface area (Å²) in [5.41, 5.74) is -0.402. The molecule has 4 nitrogen and oxygen atoms in total. The fraction of sp³-hybridized carbons (Fsp3) is 0.917. The van der Waals surface area contributed by atoms with Crippen molar-refractivity contribution >= 4 is 6.09 Å². The molecule has 2 N–H and O–H groups in total. The van der Waals surface area contributed by atoms with E-state index in [4.69, 9.17) is 4.74 Å². The van der Waals surface area contributed by atoms with Crippen LogP contribution < -0.4 is 10.6 Å². The van der Waals surface area contributed by atoms with Crippen LogP contribution in [0.1, 0.15) is 27.2 Å². The molecule has 0 radical (unpaired) electrons. The number of ether oxygens (including phenoxy) is 1. The van der Waals surface area contributed by atoms with Gasteiger partial charge < -0.3 is 15.4 Å². The Morgan fingerprint density at radius 1 is 1.44 bits per heavy atom. The van der Waals surface area contributed by atoms with Gasteiger partial charge in [-0.15, -0.1) is 0 Å². The van der Waals surface area contributed by atoms with Gasteiger partial charge in [0.1, 0.15) is 5.60 Å². The van der Waals surface area contributed by atoms with E-state index in [1.807, 2.05) is 20.8 Å². The van der Waals surface area contributed by atoms with Crippen LogP contribution in [0.2, 0.25) is 0 Å². The average molecular weight is 226 g/mol. The van der Waals surface area contributed by atoms with Crippen LogP contribution in [-0.2, 0) is 4.74 Å². The first-order chi connectivity index (χ1) is 7.46. The van der Waals surface area contributed by atoms with Gasteiger partial charge in [-0.3, -0.25) is 0 Å². The summed E-state index contributed by atoms with van der Waals surface area (Å²) in [6.07, 6.45) is 0.954. The Morgan fingerprint density at radius 2 is 2.19 bits per heavy atom. The molecule has 1 aliphatic heterocycles. The van der Waals surface area contributed by atoms with Gasteiger partial charge in [-0.1, -0.05) is 0 Å². The Balaban J connectivity index is 1.66. The van der Waals surface area contributed by atoms with Crippen molar-refractivity contribution in [2.75, 3.05) is 19.6 Å². The van der Waals surface area contributed by atoms with E-state index in [0.717, 1.165) is 31.5 Å². The number of nitrogens with one attached hydrogen (secondary N) is 2. The lowest BCUT2D eigenvalue weighted by Crippen LogP contribution is -2.44. The van der Waals surface area contributed by atoms with Gasteiger partial charge in [-0.05, 0) is 58.0 Å². The van der Waals surface area contributed by atoms with E-state index in [1.54, 1.807) is 0 Å². The summed E-state index contributed by atoms with van der Waals surface area (Å²) >= 11 is 0. The molecule has 0 aromatic heterocycles. The van der Waals surface area contributed by atoms with Crippen molar-refractivity contribution < 1.29 is 9.53 Å². The van der Waals surface area contributed by atoms with Gasteiger partial charge in [0, 0.05) is 6.54 Å². The zero-order valence-electron chi connectivity index (χ0n) is 10.4. The molecule has 92 valence electrons. The highest BCUT2D eigenvalue weighted by atomic mass is 16.6. The number of alkyl carbamates (subject to hydrolysis) is 1. The molecule has 0 aromatic rings. The topological polar surface area (TPSA) is 50.4 Å². The maximum absolute atomic E-state index is 11.4. The molecule has 0 spiro atoms. The van der Waals surface area contributed by atoms with Gasteiger partial charge in [0.2, 0.25) is 0 Å². The Kier molecular flexibility index (Phi) is 3.10. The van der Waals surface area contributed by atoms with Crippen molar-refractivity contribution in [1.82, 2.24) is 10.6 Å². The van der Waals surface area contributed by atoms with Crippen molar-refractivity contribution in [1.29, 1.82) is 0 Å². The van der Waals surface area contributed by atoms with Crippen LogP contribution in [0.25, 0.3) is 0 Å². The number of fused-ring (bicyclic) bond motifs is 1. The highest BCUT2D eigenvalue weighted by molar-refractivity contribution is 5.67. The zero-order valence-corrected chi connectivity index (χ0v) is 10.4. The van der Waals surface area contributed by atoms with E-state index in [2.05, 4.69) is 10.6 Å². The second-order valence-electron chi connectivity index (χ2n) is 5.96. The molecule has 2 aliphatic rings. The fourth-order valence-corrected chi connectivity index (χ4v) is 2.69. The Hall–Kier alpha value is -0.770. The number of hydrogen-bond donors (Lipinski definition) is 2. The van der Waals surface area contributed by atoms with Gasteiger partial charge in [-0.25, -0.2) is 4.79 Å². The molecule has 2 fully saturated rings. The van der Waals surface area contributed by atoms with Gasteiger partial charge >= 0.3 is 6.09 Å². The standard InChI is InChI=1S/C12H22N2O2/c1-12(2,3)16-11(15)14-6-9-4-8-5-13-7-10(8)9/h8-10,13H,4-7H2,1-3H3,(H,14,15)/t8-,9-,10+/m1/s1. The maximum Gasteiger partial charge on any atom is 0.407 e.